The Kier molecular flexibility index (Phi) is 3.40. The molecule has 2 atom stereocenters. The maximum absolute atomic E-state index is 12.7. The van der Waals surface area contributed by atoms with Gasteiger partial charge in [-0.1, -0.05) is 6.07 Å². The summed E-state index contributed by atoms with van der Waals surface area (Å²) < 4.78 is 43.8. The van der Waals surface area contributed by atoms with Crippen LogP contribution in [0.5, 0.6) is 5.75 Å². The summed E-state index contributed by atoms with van der Waals surface area (Å²) >= 11 is 0. The lowest BCUT2D eigenvalue weighted by molar-refractivity contribution is -0.137. The van der Waals surface area contributed by atoms with Crippen molar-refractivity contribution in [3.8, 4) is 5.75 Å². The van der Waals surface area contributed by atoms with E-state index < -0.39 is 11.7 Å². The van der Waals surface area contributed by atoms with Gasteiger partial charge in [-0.25, -0.2) is 0 Å². The van der Waals surface area contributed by atoms with E-state index in [9.17, 15) is 13.2 Å². The summed E-state index contributed by atoms with van der Waals surface area (Å²) in [5.41, 5.74) is -0.647. The average molecular weight is 285 g/mol. The molecule has 2 unspecified atom stereocenters. The number of benzene rings is 1. The highest BCUT2D eigenvalue weighted by molar-refractivity contribution is 5.30. The van der Waals surface area contributed by atoms with Crippen molar-refractivity contribution in [3.63, 3.8) is 0 Å². The van der Waals surface area contributed by atoms with Crippen LogP contribution in [0.3, 0.4) is 0 Å². The molecule has 3 rings (SSSR count). The van der Waals surface area contributed by atoms with Crippen LogP contribution in [0.2, 0.25) is 0 Å². The maximum Gasteiger partial charge on any atom is 0.416 e. The van der Waals surface area contributed by atoms with E-state index in [2.05, 4.69) is 11.9 Å². The maximum atomic E-state index is 12.7. The first kappa shape index (κ1) is 13.7. The number of ether oxygens (including phenoxy) is 1. The first-order chi connectivity index (χ1) is 9.43. The van der Waals surface area contributed by atoms with E-state index in [0.29, 0.717) is 17.8 Å². The lowest BCUT2D eigenvalue weighted by atomic mass is 10.0. The minimum Gasteiger partial charge on any atom is -0.490 e. The second-order valence-corrected chi connectivity index (χ2v) is 5.79. The second-order valence-electron chi connectivity index (χ2n) is 5.79. The number of piperidine rings is 1. The van der Waals surface area contributed by atoms with E-state index in [-0.39, 0.29) is 6.10 Å². The summed E-state index contributed by atoms with van der Waals surface area (Å²) in [5, 5.41) is 0. The molecule has 1 aromatic carbocycles. The average Bonchev–Trinajstić information content (AvgIpc) is 2.62. The quantitative estimate of drug-likeness (QED) is 0.821. The molecule has 2 fully saturated rings. The van der Waals surface area contributed by atoms with Gasteiger partial charge < -0.3 is 9.64 Å². The topological polar surface area (TPSA) is 12.5 Å². The normalized spacial score (nSPS) is 30.5. The Labute approximate surface area is 116 Å². The molecule has 2 nitrogen and oxygen atoms in total. The summed E-state index contributed by atoms with van der Waals surface area (Å²) in [6.45, 7) is 0. The molecular weight excluding hydrogens is 267 g/mol. The Morgan fingerprint density at radius 1 is 1.15 bits per heavy atom. The van der Waals surface area contributed by atoms with E-state index >= 15 is 0 Å². The zero-order chi connectivity index (χ0) is 14.3. The van der Waals surface area contributed by atoms with Gasteiger partial charge in [0.2, 0.25) is 0 Å². The third-order valence-electron chi connectivity index (χ3n) is 4.52. The molecule has 2 aliphatic rings. The molecule has 2 aliphatic heterocycles. The molecule has 0 radical (unpaired) electrons. The SMILES string of the molecule is CN1C2CCC1CC(Oc1cccc(C(F)(F)F)c1)C2. The largest absolute Gasteiger partial charge is 0.490 e. The Morgan fingerprint density at radius 2 is 1.80 bits per heavy atom. The van der Waals surface area contributed by atoms with Gasteiger partial charge in [0, 0.05) is 12.1 Å². The van der Waals surface area contributed by atoms with E-state index in [1.165, 1.54) is 18.9 Å². The van der Waals surface area contributed by atoms with Gasteiger partial charge in [0.15, 0.2) is 0 Å². The molecule has 0 amide bonds. The number of alkyl halides is 3. The van der Waals surface area contributed by atoms with Crippen LogP contribution in [0, 0.1) is 0 Å². The minimum absolute atomic E-state index is 0.0344. The summed E-state index contributed by atoms with van der Waals surface area (Å²) in [6.07, 6.45) is -0.127. The summed E-state index contributed by atoms with van der Waals surface area (Å²) in [4.78, 5) is 2.38. The van der Waals surface area contributed by atoms with Crippen molar-refractivity contribution in [3.05, 3.63) is 29.8 Å². The molecule has 2 saturated heterocycles. The third kappa shape index (κ3) is 2.64. The zero-order valence-corrected chi connectivity index (χ0v) is 11.4. The lowest BCUT2D eigenvalue weighted by Gasteiger charge is -2.36. The Bertz CT molecular complexity index is 474. The van der Waals surface area contributed by atoms with Crippen LogP contribution in [0.15, 0.2) is 24.3 Å². The number of hydrogen-bond donors (Lipinski definition) is 0. The van der Waals surface area contributed by atoms with Crippen molar-refractivity contribution in [2.75, 3.05) is 7.05 Å². The fourth-order valence-electron chi connectivity index (χ4n) is 3.40. The number of hydrogen-bond acceptors (Lipinski definition) is 2. The van der Waals surface area contributed by atoms with Crippen molar-refractivity contribution in [2.45, 2.75) is 50.0 Å². The van der Waals surface area contributed by atoms with Gasteiger partial charge in [-0.3, -0.25) is 0 Å². The fourth-order valence-corrected chi connectivity index (χ4v) is 3.40. The zero-order valence-electron chi connectivity index (χ0n) is 11.4. The molecule has 0 spiro atoms. The van der Waals surface area contributed by atoms with Gasteiger partial charge in [0.25, 0.3) is 0 Å². The highest BCUT2D eigenvalue weighted by Crippen LogP contribution is 2.37. The Balaban J connectivity index is 1.70. The van der Waals surface area contributed by atoms with Gasteiger partial charge in [-0.05, 0) is 50.9 Å². The molecule has 0 aromatic heterocycles. The number of fused-ring (bicyclic) bond motifs is 2. The molecular formula is C15H18F3NO. The number of halogens is 3. The Hall–Kier alpha value is -1.23. The van der Waals surface area contributed by atoms with Crippen molar-refractivity contribution in [2.24, 2.45) is 0 Å². The van der Waals surface area contributed by atoms with Crippen LogP contribution < -0.4 is 4.74 Å². The predicted octanol–water partition coefficient (Wildman–Crippen LogP) is 3.71. The summed E-state index contributed by atoms with van der Waals surface area (Å²) in [7, 11) is 2.13. The van der Waals surface area contributed by atoms with Crippen molar-refractivity contribution in [1.29, 1.82) is 0 Å². The third-order valence-corrected chi connectivity index (χ3v) is 4.52. The van der Waals surface area contributed by atoms with Gasteiger partial charge in [-0.2, -0.15) is 13.2 Å². The van der Waals surface area contributed by atoms with Crippen LogP contribution >= 0.6 is 0 Å². The molecule has 110 valence electrons. The molecule has 2 heterocycles. The van der Waals surface area contributed by atoms with Crippen LogP contribution in [0.1, 0.15) is 31.2 Å². The first-order valence-corrected chi connectivity index (χ1v) is 6.99. The highest BCUT2D eigenvalue weighted by atomic mass is 19.4. The number of nitrogens with zero attached hydrogens (tertiary/aromatic N) is 1. The minimum atomic E-state index is -4.31. The van der Waals surface area contributed by atoms with Gasteiger partial charge in [0.1, 0.15) is 11.9 Å². The van der Waals surface area contributed by atoms with Crippen LogP contribution in [-0.4, -0.2) is 30.1 Å². The second kappa shape index (κ2) is 4.95. The molecule has 5 heteroatoms. The van der Waals surface area contributed by atoms with Crippen molar-refractivity contribution in [1.82, 2.24) is 4.90 Å². The van der Waals surface area contributed by atoms with E-state index in [0.717, 1.165) is 25.0 Å². The smallest absolute Gasteiger partial charge is 0.416 e. The Morgan fingerprint density at radius 3 is 2.40 bits per heavy atom. The fraction of sp³-hybridized carbons (Fsp3) is 0.600. The molecule has 0 saturated carbocycles. The van der Waals surface area contributed by atoms with Crippen molar-refractivity contribution < 1.29 is 17.9 Å². The van der Waals surface area contributed by atoms with Crippen LogP contribution in [0.25, 0.3) is 0 Å². The van der Waals surface area contributed by atoms with Crippen LogP contribution in [-0.2, 0) is 6.18 Å². The highest BCUT2D eigenvalue weighted by Gasteiger charge is 2.39. The van der Waals surface area contributed by atoms with E-state index in [1.807, 2.05) is 0 Å². The van der Waals surface area contributed by atoms with Crippen LogP contribution in [0.4, 0.5) is 13.2 Å². The molecule has 1 aromatic rings. The van der Waals surface area contributed by atoms with Gasteiger partial charge in [-0.15, -0.1) is 0 Å². The predicted molar refractivity (Wildman–Crippen MR) is 69.7 cm³/mol. The molecule has 0 aliphatic carbocycles. The molecule has 0 N–H and O–H groups in total. The first-order valence-electron chi connectivity index (χ1n) is 6.99. The van der Waals surface area contributed by atoms with Crippen molar-refractivity contribution >= 4 is 0 Å². The molecule has 2 bridgehead atoms. The van der Waals surface area contributed by atoms with Gasteiger partial charge >= 0.3 is 6.18 Å². The summed E-state index contributed by atoms with van der Waals surface area (Å²) in [5.74, 6) is 0.328. The monoisotopic (exact) mass is 285 g/mol. The number of rotatable bonds is 2. The van der Waals surface area contributed by atoms with Gasteiger partial charge in [0.05, 0.1) is 5.56 Å². The molecule has 20 heavy (non-hydrogen) atoms. The standard InChI is InChI=1S/C15H18F3NO/c1-19-11-5-6-12(19)9-14(8-11)20-13-4-2-3-10(7-13)15(16,17)18/h2-4,7,11-12,14H,5-6,8-9H2,1H3. The van der Waals surface area contributed by atoms with E-state index in [4.69, 9.17) is 4.74 Å². The summed E-state index contributed by atoms with van der Waals surface area (Å²) in [6, 6.07) is 6.22. The lowest BCUT2D eigenvalue weighted by Crippen LogP contribution is -2.43. The van der Waals surface area contributed by atoms with E-state index in [1.54, 1.807) is 6.07 Å².